The summed E-state index contributed by atoms with van der Waals surface area (Å²) in [4.78, 5) is 0. The van der Waals surface area contributed by atoms with Crippen molar-refractivity contribution in [2.24, 2.45) is 7.05 Å². The highest BCUT2D eigenvalue weighted by Gasteiger charge is 2.20. The summed E-state index contributed by atoms with van der Waals surface area (Å²) < 4.78 is 16.9. The molecule has 2 rings (SSSR count). The third-order valence-corrected chi connectivity index (χ3v) is 4.69. The highest BCUT2D eigenvalue weighted by atomic mass is 79.9. The van der Waals surface area contributed by atoms with Gasteiger partial charge in [-0.25, -0.2) is 4.39 Å². The van der Waals surface area contributed by atoms with Gasteiger partial charge < -0.3 is 5.32 Å². The number of nitrogens with one attached hydrogen (secondary N) is 1. The van der Waals surface area contributed by atoms with Gasteiger partial charge in [-0.3, -0.25) is 4.68 Å². The minimum absolute atomic E-state index is 0.142. The molecule has 0 saturated heterocycles. The van der Waals surface area contributed by atoms with E-state index < -0.39 is 0 Å². The second kappa shape index (κ2) is 6.24. The predicted molar refractivity (Wildman–Crippen MR) is 82.6 cm³/mol. The molecule has 0 spiro atoms. The van der Waals surface area contributed by atoms with Crippen LogP contribution in [-0.2, 0) is 13.5 Å². The summed E-state index contributed by atoms with van der Waals surface area (Å²) in [6, 6.07) is 4.89. The van der Waals surface area contributed by atoms with Gasteiger partial charge in [0.2, 0.25) is 0 Å². The van der Waals surface area contributed by atoms with Crippen molar-refractivity contribution in [1.82, 2.24) is 15.1 Å². The van der Waals surface area contributed by atoms with Crippen LogP contribution in [0.15, 0.2) is 22.7 Å². The molecule has 0 aliphatic carbocycles. The van der Waals surface area contributed by atoms with E-state index in [1.807, 2.05) is 25.7 Å². The lowest BCUT2D eigenvalue weighted by Gasteiger charge is -2.18. The summed E-state index contributed by atoms with van der Waals surface area (Å²) in [7, 11) is 3.69. The number of nitrogens with zero attached hydrogens (tertiary/aromatic N) is 2. The van der Waals surface area contributed by atoms with Gasteiger partial charge in [0.25, 0.3) is 0 Å². The van der Waals surface area contributed by atoms with E-state index in [2.05, 4.69) is 26.3 Å². The first-order chi connectivity index (χ1) is 9.45. The quantitative estimate of drug-likeness (QED) is 0.899. The lowest BCUT2D eigenvalue weighted by Crippen LogP contribution is -2.21. The molecule has 0 radical (unpaired) electrons. The summed E-state index contributed by atoms with van der Waals surface area (Å²) in [5, 5.41) is 7.63. The molecule has 1 N–H and O–H groups in total. The van der Waals surface area contributed by atoms with E-state index in [9.17, 15) is 4.39 Å². The van der Waals surface area contributed by atoms with Crippen molar-refractivity contribution in [3.05, 3.63) is 50.5 Å². The van der Waals surface area contributed by atoms with E-state index in [0.29, 0.717) is 12.0 Å². The van der Waals surface area contributed by atoms with Crippen LogP contribution < -0.4 is 5.32 Å². The van der Waals surface area contributed by atoms with Crippen LogP contribution >= 0.6 is 27.5 Å². The van der Waals surface area contributed by atoms with Crippen molar-refractivity contribution in [1.29, 1.82) is 0 Å². The lowest BCUT2D eigenvalue weighted by molar-refractivity contribution is 0.519. The molecular weight excluding hydrogens is 345 g/mol. The minimum atomic E-state index is -0.372. The fraction of sp³-hybridized carbons (Fsp3) is 0.357. The maximum atomic E-state index is 14.1. The van der Waals surface area contributed by atoms with Crippen LogP contribution in [0.5, 0.6) is 0 Å². The molecule has 6 heteroatoms. The smallest absolute Gasteiger partial charge is 0.146 e. The average molecular weight is 361 g/mol. The number of hydrogen-bond acceptors (Lipinski definition) is 2. The van der Waals surface area contributed by atoms with Crippen LogP contribution in [0.1, 0.15) is 23.0 Å². The second-order valence-corrected chi connectivity index (χ2v) is 5.86. The van der Waals surface area contributed by atoms with Gasteiger partial charge in [-0.1, -0.05) is 23.7 Å². The largest absolute Gasteiger partial charge is 0.313 e. The highest BCUT2D eigenvalue weighted by Crippen LogP contribution is 2.29. The molecule has 1 aromatic heterocycles. The molecule has 0 fully saturated rings. The van der Waals surface area contributed by atoms with Crippen molar-refractivity contribution < 1.29 is 4.39 Å². The molecule has 108 valence electrons. The summed E-state index contributed by atoms with van der Waals surface area (Å²) in [6.07, 6.45) is 0.617. The van der Waals surface area contributed by atoms with Gasteiger partial charge in [0.05, 0.1) is 20.9 Å². The van der Waals surface area contributed by atoms with E-state index in [4.69, 9.17) is 11.6 Å². The van der Waals surface area contributed by atoms with E-state index in [-0.39, 0.29) is 16.9 Å². The fourth-order valence-corrected chi connectivity index (χ4v) is 2.93. The molecule has 0 amide bonds. The number of aryl methyl sites for hydroxylation is 2. The van der Waals surface area contributed by atoms with Crippen molar-refractivity contribution >= 4 is 27.5 Å². The first kappa shape index (κ1) is 15.5. The van der Waals surface area contributed by atoms with Crippen LogP contribution in [0, 0.1) is 12.7 Å². The van der Waals surface area contributed by atoms with Gasteiger partial charge in [-0.2, -0.15) is 5.10 Å². The van der Waals surface area contributed by atoms with E-state index >= 15 is 0 Å². The molecule has 1 heterocycles. The Morgan fingerprint density at radius 3 is 2.75 bits per heavy atom. The highest BCUT2D eigenvalue weighted by molar-refractivity contribution is 9.10. The van der Waals surface area contributed by atoms with Crippen LogP contribution in [0.2, 0.25) is 5.02 Å². The molecule has 0 bridgehead atoms. The third-order valence-electron chi connectivity index (χ3n) is 3.36. The topological polar surface area (TPSA) is 29.9 Å². The van der Waals surface area contributed by atoms with Gasteiger partial charge in [-0.05, 0) is 36.0 Å². The van der Waals surface area contributed by atoms with E-state index in [1.54, 1.807) is 18.2 Å². The van der Waals surface area contributed by atoms with Gasteiger partial charge in [0.15, 0.2) is 0 Å². The molecular formula is C14H16BrClFN3. The Bertz CT molecular complexity index is 627. The Morgan fingerprint density at radius 2 is 2.20 bits per heavy atom. The molecule has 1 atom stereocenters. The molecule has 0 aliphatic rings. The van der Waals surface area contributed by atoms with Crippen LogP contribution in [0.25, 0.3) is 0 Å². The Labute approximate surface area is 131 Å². The van der Waals surface area contributed by atoms with Gasteiger partial charge in [0.1, 0.15) is 5.82 Å². The van der Waals surface area contributed by atoms with Crippen molar-refractivity contribution in [3.63, 3.8) is 0 Å². The molecule has 3 nitrogen and oxygen atoms in total. The van der Waals surface area contributed by atoms with Crippen LogP contribution in [-0.4, -0.2) is 16.8 Å². The van der Waals surface area contributed by atoms with Crippen molar-refractivity contribution in [2.45, 2.75) is 19.4 Å². The van der Waals surface area contributed by atoms with Crippen LogP contribution in [0.3, 0.4) is 0 Å². The average Bonchev–Trinajstić information content (AvgIpc) is 2.65. The molecule has 1 unspecified atom stereocenters. The SMILES string of the molecule is CNC(Cc1c(Br)c(C)nn1C)c1cccc(Cl)c1F. The maximum absolute atomic E-state index is 14.1. The standard InChI is InChI=1S/C14H16BrClFN3/c1-8-13(15)12(20(3)19-8)7-11(18-2)9-5-4-6-10(16)14(9)17/h4-6,11,18H,7H2,1-3H3. The Morgan fingerprint density at radius 1 is 1.50 bits per heavy atom. The number of likely N-dealkylation sites (N-methyl/N-ethyl adjacent to an activating group) is 1. The zero-order chi connectivity index (χ0) is 14.9. The lowest BCUT2D eigenvalue weighted by atomic mass is 10.0. The summed E-state index contributed by atoms with van der Waals surface area (Å²) in [6.45, 7) is 1.93. The number of benzene rings is 1. The van der Waals surface area contributed by atoms with Crippen LogP contribution in [0.4, 0.5) is 4.39 Å². The fourth-order valence-electron chi connectivity index (χ4n) is 2.25. The van der Waals surface area contributed by atoms with Crippen molar-refractivity contribution in [2.75, 3.05) is 7.05 Å². The van der Waals surface area contributed by atoms with Crippen molar-refractivity contribution in [3.8, 4) is 0 Å². The Balaban J connectivity index is 2.36. The first-order valence-electron chi connectivity index (χ1n) is 6.24. The van der Waals surface area contributed by atoms with Gasteiger partial charge in [-0.15, -0.1) is 0 Å². The normalized spacial score (nSPS) is 12.7. The first-order valence-corrected chi connectivity index (χ1v) is 7.42. The zero-order valence-corrected chi connectivity index (χ0v) is 13.9. The molecule has 20 heavy (non-hydrogen) atoms. The van der Waals surface area contributed by atoms with E-state index in [1.165, 1.54) is 0 Å². The molecule has 1 aromatic carbocycles. The maximum Gasteiger partial charge on any atom is 0.146 e. The zero-order valence-electron chi connectivity index (χ0n) is 11.5. The summed E-state index contributed by atoms with van der Waals surface area (Å²) >= 11 is 9.39. The summed E-state index contributed by atoms with van der Waals surface area (Å²) in [5.74, 6) is -0.372. The predicted octanol–water partition coefficient (Wildman–Crippen LogP) is 3.79. The number of hydrogen-bond donors (Lipinski definition) is 1. The van der Waals surface area contributed by atoms with Gasteiger partial charge >= 0.3 is 0 Å². The monoisotopic (exact) mass is 359 g/mol. The number of rotatable bonds is 4. The third kappa shape index (κ3) is 2.90. The minimum Gasteiger partial charge on any atom is -0.313 e. The number of halogens is 3. The number of aromatic nitrogens is 2. The summed E-state index contributed by atoms with van der Waals surface area (Å²) in [5.41, 5.74) is 2.50. The molecule has 0 aliphatic heterocycles. The molecule has 0 saturated carbocycles. The Kier molecular flexibility index (Phi) is 4.83. The van der Waals surface area contributed by atoms with E-state index in [0.717, 1.165) is 15.9 Å². The molecule has 2 aromatic rings. The Hall–Kier alpha value is -0.910. The second-order valence-electron chi connectivity index (χ2n) is 4.66. The van der Waals surface area contributed by atoms with Gasteiger partial charge in [0, 0.05) is 25.1 Å².